The van der Waals surface area contributed by atoms with E-state index in [0.29, 0.717) is 0 Å². The van der Waals surface area contributed by atoms with Gasteiger partial charge in [0.25, 0.3) is 0 Å². The van der Waals surface area contributed by atoms with E-state index in [-0.39, 0.29) is 0 Å². The van der Waals surface area contributed by atoms with Crippen LogP contribution in [-0.4, -0.2) is 9.55 Å². The fourth-order valence-corrected chi connectivity index (χ4v) is 0.929. The molecule has 12 heavy (non-hydrogen) atoms. The Morgan fingerprint density at radius 2 is 2.25 bits per heavy atom. The molecule has 0 aliphatic heterocycles. The first kappa shape index (κ1) is 11.0. The van der Waals surface area contributed by atoms with Crippen LogP contribution in [0, 0.1) is 0 Å². The molecule has 0 aromatic carbocycles. The number of aromatic nitrogens is 2. The number of hydrogen-bond donors (Lipinski definition) is 0. The monoisotopic (exact) mass is 166 g/mol. The van der Waals surface area contributed by atoms with Crippen molar-refractivity contribution in [3.8, 4) is 0 Å². The molecule has 2 nitrogen and oxygen atoms in total. The average Bonchev–Trinajstić information content (AvgIpc) is 2.56. The molecule has 0 amide bonds. The summed E-state index contributed by atoms with van der Waals surface area (Å²) in [4.78, 5) is 4.00. The van der Waals surface area contributed by atoms with Crippen LogP contribution in [0.3, 0.4) is 0 Å². The minimum absolute atomic E-state index is 1.03. The summed E-state index contributed by atoms with van der Waals surface area (Å²) in [5.41, 5.74) is 1.10. The van der Waals surface area contributed by atoms with Crippen molar-refractivity contribution in [1.82, 2.24) is 9.55 Å². The third-order valence-corrected chi connectivity index (χ3v) is 1.42. The lowest BCUT2D eigenvalue weighted by atomic mass is 10.4. The molecule has 1 heterocycles. The average molecular weight is 166 g/mol. The highest BCUT2D eigenvalue weighted by molar-refractivity contribution is 5.40. The van der Waals surface area contributed by atoms with Crippen LogP contribution in [-0.2, 0) is 6.54 Å². The highest BCUT2D eigenvalue weighted by Gasteiger charge is 1.93. The van der Waals surface area contributed by atoms with Gasteiger partial charge in [-0.1, -0.05) is 27.4 Å². The van der Waals surface area contributed by atoms with E-state index in [1.54, 1.807) is 0 Å². The van der Waals surface area contributed by atoms with Gasteiger partial charge < -0.3 is 4.57 Å². The zero-order valence-electron chi connectivity index (χ0n) is 8.25. The van der Waals surface area contributed by atoms with Gasteiger partial charge in [0.05, 0.1) is 18.2 Å². The smallest absolute Gasteiger partial charge is 0.0950 e. The molecule has 1 rings (SSSR count). The lowest BCUT2D eigenvalue weighted by Gasteiger charge is -2.00. The van der Waals surface area contributed by atoms with Crippen molar-refractivity contribution < 1.29 is 0 Å². The molecule has 0 atom stereocenters. The highest BCUT2D eigenvalue weighted by Crippen LogP contribution is 2.00. The predicted molar refractivity (Wildman–Crippen MR) is 54.0 cm³/mol. The Bertz CT molecular complexity index is 213. The standard InChI is InChI=1S/C8H12N2.C2H6/c1-3-5-10-7-9-6-8(10)4-2;1-2/h4,6-7H,2-3,5H2,1H3;1-2H3. The zero-order chi connectivity index (χ0) is 9.40. The molecule has 0 spiro atoms. The molecule has 0 radical (unpaired) electrons. The molecule has 0 fully saturated rings. The van der Waals surface area contributed by atoms with E-state index in [2.05, 4.69) is 23.1 Å². The van der Waals surface area contributed by atoms with Crippen LogP contribution in [0.2, 0.25) is 0 Å². The van der Waals surface area contributed by atoms with Crippen molar-refractivity contribution in [2.24, 2.45) is 0 Å². The molecule has 0 aliphatic rings. The molecule has 0 saturated heterocycles. The topological polar surface area (TPSA) is 17.8 Å². The van der Waals surface area contributed by atoms with Crippen molar-refractivity contribution in [1.29, 1.82) is 0 Å². The van der Waals surface area contributed by atoms with E-state index >= 15 is 0 Å². The maximum absolute atomic E-state index is 4.00. The van der Waals surface area contributed by atoms with Crippen molar-refractivity contribution in [2.45, 2.75) is 33.7 Å². The summed E-state index contributed by atoms with van der Waals surface area (Å²) in [6, 6.07) is 0. The van der Waals surface area contributed by atoms with E-state index in [1.165, 1.54) is 0 Å². The van der Waals surface area contributed by atoms with Crippen molar-refractivity contribution in [3.63, 3.8) is 0 Å². The summed E-state index contributed by atoms with van der Waals surface area (Å²) in [5.74, 6) is 0. The van der Waals surface area contributed by atoms with Gasteiger partial charge in [-0.05, 0) is 12.5 Å². The van der Waals surface area contributed by atoms with Crippen LogP contribution in [0.5, 0.6) is 0 Å². The second kappa shape index (κ2) is 6.65. The summed E-state index contributed by atoms with van der Waals surface area (Å²) in [7, 11) is 0. The Balaban J connectivity index is 0.000000561. The normalized spacial score (nSPS) is 8.58. The second-order valence-corrected chi connectivity index (χ2v) is 2.22. The Morgan fingerprint density at radius 1 is 1.58 bits per heavy atom. The summed E-state index contributed by atoms with van der Waals surface area (Å²) >= 11 is 0. The van der Waals surface area contributed by atoms with Crippen LogP contribution in [0.4, 0.5) is 0 Å². The largest absolute Gasteiger partial charge is 0.331 e. The molecule has 68 valence electrons. The maximum Gasteiger partial charge on any atom is 0.0950 e. The van der Waals surface area contributed by atoms with E-state index in [0.717, 1.165) is 18.7 Å². The van der Waals surface area contributed by atoms with E-state index < -0.39 is 0 Å². The molecule has 2 heteroatoms. The molecule has 0 saturated carbocycles. The van der Waals surface area contributed by atoms with E-state index in [1.807, 2.05) is 32.4 Å². The van der Waals surface area contributed by atoms with Crippen LogP contribution in [0.25, 0.3) is 6.08 Å². The first-order valence-corrected chi connectivity index (χ1v) is 4.51. The fraction of sp³-hybridized carbons (Fsp3) is 0.500. The molecular weight excluding hydrogens is 148 g/mol. The van der Waals surface area contributed by atoms with E-state index in [9.17, 15) is 0 Å². The van der Waals surface area contributed by atoms with E-state index in [4.69, 9.17) is 0 Å². The SMILES string of the molecule is C=Cc1cncn1CCC.CC. The summed E-state index contributed by atoms with van der Waals surface area (Å²) < 4.78 is 2.09. The summed E-state index contributed by atoms with van der Waals surface area (Å²) in [6.07, 6.45) is 6.61. The number of aryl methyl sites for hydroxylation is 1. The van der Waals surface area contributed by atoms with Crippen LogP contribution in [0.1, 0.15) is 32.9 Å². The molecule has 1 aromatic heterocycles. The zero-order valence-corrected chi connectivity index (χ0v) is 8.25. The molecule has 1 aromatic rings. The number of imidazole rings is 1. The lowest BCUT2D eigenvalue weighted by Crippen LogP contribution is -1.95. The van der Waals surface area contributed by atoms with Gasteiger partial charge in [0.1, 0.15) is 0 Å². The third-order valence-electron chi connectivity index (χ3n) is 1.42. The van der Waals surface area contributed by atoms with Crippen LogP contribution >= 0.6 is 0 Å². The van der Waals surface area contributed by atoms with Gasteiger partial charge in [0, 0.05) is 6.54 Å². The summed E-state index contributed by atoms with van der Waals surface area (Å²) in [5, 5.41) is 0. The quantitative estimate of drug-likeness (QED) is 0.675. The number of rotatable bonds is 3. The minimum Gasteiger partial charge on any atom is -0.331 e. The van der Waals surface area contributed by atoms with Crippen molar-refractivity contribution in [2.75, 3.05) is 0 Å². The molecule has 0 unspecified atom stereocenters. The van der Waals surface area contributed by atoms with Crippen molar-refractivity contribution in [3.05, 3.63) is 24.8 Å². The minimum atomic E-state index is 1.03. The van der Waals surface area contributed by atoms with Gasteiger partial charge >= 0.3 is 0 Å². The first-order valence-electron chi connectivity index (χ1n) is 4.51. The fourth-order valence-electron chi connectivity index (χ4n) is 0.929. The molecule has 0 bridgehead atoms. The molecule has 0 N–H and O–H groups in total. The summed E-state index contributed by atoms with van der Waals surface area (Å²) in [6.45, 7) is 10.9. The number of nitrogens with zero attached hydrogens (tertiary/aromatic N) is 2. The Labute approximate surface area is 74.9 Å². The van der Waals surface area contributed by atoms with Gasteiger partial charge in [-0.2, -0.15) is 0 Å². The predicted octanol–water partition coefficient (Wildman–Crippen LogP) is 2.96. The Morgan fingerprint density at radius 3 is 2.75 bits per heavy atom. The van der Waals surface area contributed by atoms with Gasteiger partial charge in [-0.25, -0.2) is 4.98 Å². The Kier molecular flexibility index (Phi) is 6.07. The molecular formula is C10H18N2. The first-order chi connectivity index (χ1) is 5.88. The van der Waals surface area contributed by atoms with Crippen LogP contribution < -0.4 is 0 Å². The van der Waals surface area contributed by atoms with Gasteiger partial charge in [-0.3, -0.25) is 0 Å². The Hall–Kier alpha value is -1.05. The van der Waals surface area contributed by atoms with Gasteiger partial charge in [0.15, 0.2) is 0 Å². The maximum atomic E-state index is 4.00. The third kappa shape index (κ3) is 2.91. The molecule has 0 aliphatic carbocycles. The number of hydrogen-bond acceptors (Lipinski definition) is 1. The van der Waals surface area contributed by atoms with Gasteiger partial charge in [-0.15, -0.1) is 0 Å². The van der Waals surface area contributed by atoms with Crippen LogP contribution in [0.15, 0.2) is 19.1 Å². The van der Waals surface area contributed by atoms with Gasteiger partial charge in [0.2, 0.25) is 0 Å². The van der Waals surface area contributed by atoms with Crippen molar-refractivity contribution >= 4 is 6.08 Å². The second-order valence-electron chi connectivity index (χ2n) is 2.22. The highest BCUT2D eigenvalue weighted by atomic mass is 15.0. The lowest BCUT2D eigenvalue weighted by molar-refractivity contribution is 0.673.